The van der Waals surface area contributed by atoms with Gasteiger partial charge in [-0.1, -0.05) is 127 Å². The largest absolute Gasteiger partial charge is 0.310 e. The van der Waals surface area contributed by atoms with Crippen molar-refractivity contribution >= 4 is 82.4 Å². The molecule has 0 amide bonds. The summed E-state index contributed by atoms with van der Waals surface area (Å²) in [4.78, 5) is 16.1. The summed E-state index contributed by atoms with van der Waals surface area (Å²) >= 11 is 0. The number of nitrogens with zero attached hydrogens (tertiary/aromatic N) is 7. The van der Waals surface area contributed by atoms with E-state index in [1.54, 1.807) is 0 Å². The quantitative estimate of drug-likeness (QED) is 0.174. The van der Waals surface area contributed by atoms with E-state index in [9.17, 15) is 0 Å². The highest BCUT2D eigenvalue weighted by Crippen LogP contribution is 2.40. The Labute approximate surface area is 367 Å². The predicted molar refractivity (Wildman–Crippen MR) is 262 cm³/mol. The third-order valence-corrected chi connectivity index (χ3v) is 13.3. The molecule has 0 radical (unpaired) electrons. The minimum atomic E-state index is 0.555. The molecule has 0 fully saturated rings. The molecule has 64 heavy (non-hydrogen) atoms. The normalized spacial score (nSPS) is 12.8. The lowest BCUT2D eigenvalue weighted by molar-refractivity contribution is 0.892. The van der Waals surface area contributed by atoms with Crippen LogP contribution in [0.2, 0.25) is 0 Å². The fourth-order valence-corrected chi connectivity index (χ4v) is 10.6. The van der Waals surface area contributed by atoms with Crippen LogP contribution in [0.3, 0.4) is 0 Å². The monoisotopic (exact) mass is 819 g/mol. The van der Waals surface area contributed by atoms with Crippen molar-refractivity contribution in [2.75, 3.05) is 0 Å². The van der Waals surface area contributed by atoms with Crippen LogP contribution in [0.4, 0.5) is 0 Å². The van der Waals surface area contributed by atoms with E-state index in [0.29, 0.717) is 17.7 Å². The number of aromatic nitrogens is 7. The van der Waals surface area contributed by atoms with Crippen LogP contribution < -0.4 is 0 Å². The zero-order chi connectivity index (χ0) is 41.9. The Hall–Kier alpha value is -8.55. The molecular weight excluding hydrogens is 783 g/mol. The van der Waals surface area contributed by atoms with Crippen molar-refractivity contribution in [3.05, 3.63) is 205 Å². The van der Waals surface area contributed by atoms with Gasteiger partial charge in [-0.25, -0.2) is 0 Å². The van der Waals surface area contributed by atoms with Crippen molar-refractivity contribution in [1.82, 2.24) is 33.2 Å². The summed E-state index contributed by atoms with van der Waals surface area (Å²) in [7, 11) is 0. The summed E-state index contributed by atoms with van der Waals surface area (Å²) in [6, 6.07) is 67.1. The Morgan fingerprint density at radius 1 is 0.344 bits per heavy atom. The number of rotatable bonds is 5. The second kappa shape index (κ2) is 13.5. The van der Waals surface area contributed by atoms with E-state index >= 15 is 0 Å². The third kappa shape index (κ3) is 5.00. The molecule has 1 aliphatic rings. The van der Waals surface area contributed by atoms with Gasteiger partial charge < -0.3 is 9.13 Å². The number of para-hydroxylation sites is 5. The minimum absolute atomic E-state index is 0.555. The Balaban J connectivity index is 1.01. The van der Waals surface area contributed by atoms with Crippen LogP contribution >= 0.6 is 0 Å². The van der Waals surface area contributed by atoms with Crippen LogP contribution in [-0.2, 0) is 6.42 Å². The Kier molecular flexibility index (Phi) is 7.39. The topological polar surface area (TPSA) is 58.4 Å². The molecule has 0 saturated carbocycles. The summed E-state index contributed by atoms with van der Waals surface area (Å²) in [6.07, 6.45) is 6.70. The van der Waals surface area contributed by atoms with Crippen LogP contribution in [0.5, 0.6) is 0 Å². The summed E-state index contributed by atoms with van der Waals surface area (Å²) in [5.41, 5.74) is 13.5. The second-order valence-electron chi connectivity index (χ2n) is 16.8. The molecule has 300 valence electrons. The zero-order valence-corrected chi connectivity index (χ0v) is 34.6. The van der Waals surface area contributed by atoms with Crippen molar-refractivity contribution in [1.29, 1.82) is 0 Å². The van der Waals surface area contributed by atoms with E-state index in [-0.39, 0.29) is 0 Å². The van der Waals surface area contributed by atoms with Gasteiger partial charge in [-0.3, -0.25) is 9.13 Å². The van der Waals surface area contributed by atoms with Crippen molar-refractivity contribution in [2.24, 2.45) is 0 Å². The van der Waals surface area contributed by atoms with E-state index in [0.717, 1.165) is 73.4 Å². The minimum Gasteiger partial charge on any atom is -0.310 e. The average Bonchev–Trinajstić information content (AvgIpc) is 4.09. The standard InChI is InChI=1S/C57H37N7/c1-2-16-36(17-3-1)55-58-56(63-51-28-14-8-22-43(51)45-34-37(30-32-53(45)63)61-47-24-10-4-18-39(47)40-19-5-11-25-48(40)61)60-57(59-55)64-52-29-15-9-23-44(52)46-35-38(31-33-54(46)64)62-49-26-12-6-20-41(49)42-21-7-13-27-50(42)62/h1-6,8-20,22-35H,7,21H2. The third-order valence-electron chi connectivity index (χ3n) is 13.3. The summed E-state index contributed by atoms with van der Waals surface area (Å²) in [5, 5.41) is 8.32. The average molecular weight is 820 g/mol. The van der Waals surface area contributed by atoms with Gasteiger partial charge in [0.2, 0.25) is 11.9 Å². The Morgan fingerprint density at radius 3 is 1.31 bits per heavy atom. The van der Waals surface area contributed by atoms with Gasteiger partial charge in [-0.2, -0.15) is 15.0 Å². The van der Waals surface area contributed by atoms with Gasteiger partial charge in [-0.15, -0.1) is 0 Å². The molecule has 7 heteroatoms. The molecular formula is C57H37N7. The Morgan fingerprint density at radius 2 is 0.766 bits per heavy atom. The molecule has 0 atom stereocenters. The molecule has 0 spiro atoms. The molecule has 8 aromatic carbocycles. The maximum atomic E-state index is 5.45. The molecule has 0 saturated heterocycles. The van der Waals surface area contributed by atoms with Crippen LogP contribution in [0, 0.1) is 0 Å². The SMILES string of the molecule is C1=Cc2c(c3ccccc3n2-c2ccc3c(c2)c2ccccc2n3-c2nc(-c3ccccc3)nc(-n3c4ccccc4c4cc(-n5c6ccccc6c6ccccc65)ccc43)n2)CC1. The van der Waals surface area contributed by atoms with Crippen molar-refractivity contribution in [3.63, 3.8) is 0 Å². The van der Waals surface area contributed by atoms with E-state index in [1.165, 1.54) is 44.0 Å². The molecule has 14 rings (SSSR count). The molecule has 0 aliphatic heterocycles. The lowest BCUT2D eigenvalue weighted by Gasteiger charge is -2.14. The summed E-state index contributed by atoms with van der Waals surface area (Å²) < 4.78 is 9.22. The lowest BCUT2D eigenvalue weighted by atomic mass is 10.0. The first-order chi connectivity index (χ1) is 31.8. The van der Waals surface area contributed by atoms with Gasteiger partial charge in [-0.05, 0) is 91.2 Å². The number of hydrogen-bond donors (Lipinski definition) is 0. The first-order valence-corrected chi connectivity index (χ1v) is 21.9. The zero-order valence-electron chi connectivity index (χ0n) is 34.6. The van der Waals surface area contributed by atoms with Crippen molar-refractivity contribution < 1.29 is 0 Å². The second-order valence-corrected chi connectivity index (χ2v) is 16.8. The smallest absolute Gasteiger partial charge is 0.240 e. The highest BCUT2D eigenvalue weighted by molar-refractivity contribution is 6.13. The fraction of sp³-hybridized carbons (Fsp3) is 0.0351. The van der Waals surface area contributed by atoms with Crippen molar-refractivity contribution in [3.8, 4) is 34.7 Å². The van der Waals surface area contributed by atoms with Gasteiger partial charge in [0.1, 0.15) is 0 Å². The summed E-state index contributed by atoms with van der Waals surface area (Å²) in [5.74, 6) is 1.72. The highest BCUT2D eigenvalue weighted by Gasteiger charge is 2.23. The predicted octanol–water partition coefficient (Wildman–Crippen LogP) is 13.7. The molecule has 5 heterocycles. The molecule has 1 aliphatic carbocycles. The number of hydrogen-bond acceptors (Lipinski definition) is 3. The highest BCUT2D eigenvalue weighted by atomic mass is 15.3. The van der Waals surface area contributed by atoms with Gasteiger partial charge in [0.25, 0.3) is 0 Å². The van der Waals surface area contributed by atoms with E-state index in [4.69, 9.17) is 15.0 Å². The maximum absolute atomic E-state index is 5.45. The number of aryl methyl sites for hydroxylation is 1. The molecule has 13 aromatic rings. The maximum Gasteiger partial charge on any atom is 0.240 e. The summed E-state index contributed by atoms with van der Waals surface area (Å²) in [6.45, 7) is 0. The van der Waals surface area contributed by atoms with Crippen LogP contribution in [0.15, 0.2) is 194 Å². The van der Waals surface area contributed by atoms with Crippen LogP contribution in [0.1, 0.15) is 17.7 Å². The molecule has 0 bridgehead atoms. The molecule has 7 nitrogen and oxygen atoms in total. The van der Waals surface area contributed by atoms with Crippen molar-refractivity contribution in [2.45, 2.75) is 12.8 Å². The first-order valence-electron chi connectivity index (χ1n) is 21.9. The number of allylic oxidation sites excluding steroid dienone is 1. The van der Waals surface area contributed by atoms with Gasteiger partial charge in [0, 0.05) is 60.3 Å². The molecule has 0 unspecified atom stereocenters. The fourth-order valence-electron chi connectivity index (χ4n) is 10.6. The first kappa shape index (κ1) is 35.1. The van der Waals surface area contributed by atoms with Gasteiger partial charge in [0.15, 0.2) is 5.82 Å². The van der Waals surface area contributed by atoms with E-state index < -0.39 is 0 Å². The van der Waals surface area contributed by atoms with E-state index in [2.05, 4.69) is 200 Å². The van der Waals surface area contributed by atoms with Crippen LogP contribution in [0.25, 0.3) is 117 Å². The Bertz CT molecular complexity index is 4030. The lowest BCUT2D eigenvalue weighted by Crippen LogP contribution is -2.10. The van der Waals surface area contributed by atoms with Gasteiger partial charge in [0.05, 0.1) is 38.6 Å². The van der Waals surface area contributed by atoms with Crippen LogP contribution in [-0.4, -0.2) is 33.2 Å². The molecule has 5 aromatic heterocycles. The number of fused-ring (bicyclic) bond motifs is 12. The molecule has 0 N–H and O–H groups in total. The van der Waals surface area contributed by atoms with E-state index in [1.807, 2.05) is 18.2 Å². The number of benzene rings is 8. The van der Waals surface area contributed by atoms with Gasteiger partial charge >= 0.3 is 0 Å².